The molecule has 0 aliphatic heterocycles. The number of fused-ring (bicyclic) bond motifs is 1. The molecule has 0 unspecified atom stereocenters. The Bertz CT molecular complexity index is 928. The second-order valence-corrected chi connectivity index (χ2v) is 6.20. The second kappa shape index (κ2) is 6.97. The molecule has 0 atom stereocenters. The summed E-state index contributed by atoms with van der Waals surface area (Å²) in [4.78, 5) is 16.6. The molecule has 0 radical (unpaired) electrons. The van der Waals surface area contributed by atoms with Crippen molar-refractivity contribution in [2.24, 2.45) is 0 Å². The molecule has 0 amide bonds. The molecule has 3 aromatic rings. The van der Waals surface area contributed by atoms with E-state index in [9.17, 15) is 4.79 Å². The van der Waals surface area contributed by atoms with Gasteiger partial charge in [0.1, 0.15) is 23.7 Å². The number of carbonyl (C=O) groups is 1. The van der Waals surface area contributed by atoms with Gasteiger partial charge in [-0.2, -0.15) is 0 Å². The Hall–Kier alpha value is -2.82. The van der Waals surface area contributed by atoms with Crippen LogP contribution in [0.5, 0.6) is 0 Å². The fraction of sp³-hybridized carbons (Fsp3) is 0.300. The van der Waals surface area contributed by atoms with Crippen LogP contribution in [0.4, 0.5) is 5.82 Å². The minimum Gasteiger partial charge on any atom is -0.465 e. The van der Waals surface area contributed by atoms with Gasteiger partial charge >= 0.3 is 5.97 Å². The van der Waals surface area contributed by atoms with Crippen LogP contribution in [0.1, 0.15) is 23.7 Å². The standard InChI is InChI=1S/C20H23N3O2/c1-5-25-18(24)12-21-20-19(16-8-6-7-13(2)10-16)22-17-11-14(3)9-15(4)23(17)20/h6-11,21H,5,12H2,1-4H3. The Morgan fingerprint density at radius 3 is 2.68 bits per heavy atom. The van der Waals surface area contributed by atoms with Crippen LogP contribution < -0.4 is 5.32 Å². The summed E-state index contributed by atoms with van der Waals surface area (Å²) in [5.41, 5.74) is 6.10. The molecule has 5 heteroatoms. The van der Waals surface area contributed by atoms with Crippen LogP contribution in [-0.2, 0) is 9.53 Å². The van der Waals surface area contributed by atoms with Gasteiger partial charge in [-0.1, -0.05) is 23.8 Å². The van der Waals surface area contributed by atoms with Gasteiger partial charge in [-0.15, -0.1) is 0 Å². The lowest BCUT2D eigenvalue weighted by Gasteiger charge is -2.11. The molecule has 0 aliphatic carbocycles. The van der Waals surface area contributed by atoms with Crippen molar-refractivity contribution in [2.75, 3.05) is 18.5 Å². The van der Waals surface area contributed by atoms with Gasteiger partial charge in [-0.25, -0.2) is 4.98 Å². The first-order valence-electron chi connectivity index (χ1n) is 8.46. The van der Waals surface area contributed by atoms with Crippen molar-refractivity contribution in [2.45, 2.75) is 27.7 Å². The third kappa shape index (κ3) is 3.50. The Kier molecular flexibility index (Phi) is 4.74. The summed E-state index contributed by atoms with van der Waals surface area (Å²) in [5, 5.41) is 3.23. The van der Waals surface area contributed by atoms with Crippen molar-refractivity contribution in [1.29, 1.82) is 0 Å². The van der Waals surface area contributed by atoms with Gasteiger partial charge in [0.05, 0.1) is 6.61 Å². The normalized spacial score (nSPS) is 10.9. The number of benzene rings is 1. The third-order valence-corrected chi connectivity index (χ3v) is 4.05. The molecule has 2 heterocycles. The maximum Gasteiger partial charge on any atom is 0.325 e. The Balaban J connectivity index is 2.13. The van der Waals surface area contributed by atoms with E-state index in [1.54, 1.807) is 6.92 Å². The van der Waals surface area contributed by atoms with Gasteiger partial charge in [0, 0.05) is 11.3 Å². The van der Waals surface area contributed by atoms with E-state index in [1.165, 1.54) is 5.56 Å². The van der Waals surface area contributed by atoms with Gasteiger partial charge in [0.15, 0.2) is 0 Å². The van der Waals surface area contributed by atoms with Crippen LogP contribution in [0.15, 0.2) is 36.4 Å². The molecule has 5 nitrogen and oxygen atoms in total. The van der Waals surface area contributed by atoms with Crippen molar-refractivity contribution in [3.8, 4) is 11.3 Å². The lowest BCUT2D eigenvalue weighted by Crippen LogP contribution is -2.18. The van der Waals surface area contributed by atoms with E-state index in [1.807, 2.05) is 29.5 Å². The SMILES string of the molecule is CCOC(=O)CNc1c(-c2cccc(C)c2)nc2cc(C)cc(C)n12. The summed E-state index contributed by atoms with van der Waals surface area (Å²) in [7, 11) is 0. The molecule has 1 aromatic carbocycles. The van der Waals surface area contributed by atoms with Gasteiger partial charge in [-0.05, 0) is 51.5 Å². The fourth-order valence-electron chi connectivity index (χ4n) is 3.06. The van der Waals surface area contributed by atoms with Gasteiger partial charge in [0.25, 0.3) is 0 Å². The second-order valence-electron chi connectivity index (χ2n) is 6.20. The summed E-state index contributed by atoms with van der Waals surface area (Å²) in [5.74, 6) is 0.531. The average molecular weight is 337 g/mol. The van der Waals surface area contributed by atoms with Crippen LogP contribution in [-0.4, -0.2) is 28.5 Å². The molecule has 0 bridgehead atoms. The monoisotopic (exact) mass is 337 g/mol. The number of nitrogens with one attached hydrogen (secondary N) is 1. The van der Waals surface area contributed by atoms with Gasteiger partial charge in [-0.3, -0.25) is 9.20 Å². The minimum absolute atomic E-state index is 0.105. The van der Waals surface area contributed by atoms with Crippen LogP contribution in [0.25, 0.3) is 16.9 Å². The Labute approximate surface area is 147 Å². The van der Waals surface area contributed by atoms with Gasteiger partial charge in [0.2, 0.25) is 0 Å². The van der Waals surface area contributed by atoms with Crippen molar-refractivity contribution >= 4 is 17.4 Å². The first-order valence-corrected chi connectivity index (χ1v) is 8.46. The number of imidazole rings is 1. The number of pyridine rings is 1. The molecule has 0 fully saturated rings. The molecule has 25 heavy (non-hydrogen) atoms. The van der Waals surface area contributed by atoms with Crippen LogP contribution >= 0.6 is 0 Å². The van der Waals surface area contributed by atoms with E-state index in [2.05, 4.69) is 37.4 Å². The highest BCUT2D eigenvalue weighted by atomic mass is 16.5. The summed E-state index contributed by atoms with van der Waals surface area (Å²) in [6.07, 6.45) is 0. The van der Waals surface area contributed by atoms with Crippen LogP contribution in [0, 0.1) is 20.8 Å². The average Bonchev–Trinajstić information content (AvgIpc) is 2.92. The number of hydrogen-bond acceptors (Lipinski definition) is 4. The lowest BCUT2D eigenvalue weighted by atomic mass is 10.1. The van der Waals surface area contributed by atoms with E-state index in [4.69, 9.17) is 9.72 Å². The molecular weight excluding hydrogens is 314 g/mol. The minimum atomic E-state index is -0.280. The molecule has 2 aromatic heterocycles. The summed E-state index contributed by atoms with van der Waals surface area (Å²) < 4.78 is 7.08. The predicted octanol–water partition coefficient (Wildman–Crippen LogP) is 3.90. The van der Waals surface area contributed by atoms with Crippen molar-refractivity contribution < 1.29 is 9.53 Å². The van der Waals surface area contributed by atoms with Crippen LogP contribution in [0.3, 0.4) is 0 Å². The zero-order chi connectivity index (χ0) is 18.0. The molecule has 0 aliphatic rings. The highest BCUT2D eigenvalue weighted by molar-refractivity contribution is 5.81. The number of aromatic nitrogens is 2. The molecule has 0 spiro atoms. The van der Waals surface area contributed by atoms with Crippen molar-refractivity contribution in [1.82, 2.24) is 9.38 Å². The van der Waals surface area contributed by atoms with E-state index >= 15 is 0 Å². The number of nitrogens with zero attached hydrogens (tertiary/aromatic N) is 2. The number of ether oxygens (including phenoxy) is 1. The van der Waals surface area contributed by atoms with Crippen molar-refractivity contribution in [3.05, 3.63) is 53.2 Å². The Morgan fingerprint density at radius 1 is 1.16 bits per heavy atom. The fourth-order valence-corrected chi connectivity index (χ4v) is 3.06. The van der Waals surface area contributed by atoms with E-state index in [-0.39, 0.29) is 12.5 Å². The van der Waals surface area contributed by atoms with E-state index in [0.717, 1.165) is 34.0 Å². The third-order valence-electron chi connectivity index (χ3n) is 4.05. The topological polar surface area (TPSA) is 55.6 Å². The zero-order valence-electron chi connectivity index (χ0n) is 15.1. The van der Waals surface area contributed by atoms with Crippen LogP contribution in [0.2, 0.25) is 0 Å². The largest absolute Gasteiger partial charge is 0.465 e. The molecule has 1 N–H and O–H groups in total. The maximum atomic E-state index is 11.8. The van der Waals surface area contributed by atoms with E-state index < -0.39 is 0 Å². The highest BCUT2D eigenvalue weighted by Gasteiger charge is 2.17. The quantitative estimate of drug-likeness (QED) is 0.717. The first kappa shape index (κ1) is 17.0. The van der Waals surface area contributed by atoms with Crippen molar-refractivity contribution in [3.63, 3.8) is 0 Å². The predicted molar refractivity (Wildman–Crippen MR) is 100.0 cm³/mol. The highest BCUT2D eigenvalue weighted by Crippen LogP contribution is 2.30. The molecule has 130 valence electrons. The number of hydrogen-bond donors (Lipinski definition) is 1. The van der Waals surface area contributed by atoms with Gasteiger partial charge < -0.3 is 10.1 Å². The first-order chi connectivity index (χ1) is 12.0. The summed E-state index contributed by atoms with van der Waals surface area (Å²) in [6, 6.07) is 12.3. The summed E-state index contributed by atoms with van der Waals surface area (Å²) >= 11 is 0. The molecule has 0 saturated heterocycles. The number of rotatable bonds is 5. The summed E-state index contributed by atoms with van der Waals surface area (Å²) in [6.45, 7) is 8.43. The molecule has 3 rings (SSSR count). The lowest BCUT2D eigenvalue weighted by molar-refractivity contribution is -0.140. The smallest absolute Gasteiger partial charge is 0.325 e. The number of aryl methyl sites for hydroxylation is 3. The Morgan fingerprint density at radius 2 is 1.96 bits per heavy atom. The zero-order valence-corrected chi connectivity index (χ0v) is 15.1. The molecule has 0 saturated carbocycles. The number of esters is 1. The number of carbonyl (C=O) groups excluding carboxylic acids is 1. The molecular formula is C20H23N3O2. The number of anilines is 1. The van der Waals surface area contributed by atoms with E-state index in [0.29, 0.717) is 6.61 Å². The maximum absolute atomic E-state index is 11.8.